The van der Waals surface area contributed by atoms with Crippen LogP contribution in [0.4, 0.5) is 5.69 Å². The molecule has 0 heterocycles. The highest BCUT2D eigenvalue weighted by Crippen LogP contribution is 2.26. The molecule has 0 aliphatic rings. The average Bonchev–Trinajstić information content (AvgIpc) is 2.33. The molecule has 2 aromatic carbocycles. The highest BCUT2D eigenvalue weighted by molar-refractivity contribution is 9.10. The van der Waals surface area contributed by atoms with E-state index in [1.165, 1.54) is 0 Å². The van der Waals surface area contributed by atoms with E-state index in [9.17, 15) is 0 Å². The molecule has 0 atom stereocenters. The van der Waals surface area contributed by atoms with E-state index < -0.39 is 0 Å². The van der Waals surface area contributed by atoms with Crippen LogP contribution in [0.2, 0.25) is 5.02 Å². The molecule has 1 N–H and O–H groups in total. The lowest BCUT2D eigenvalue weighted by molar-refractivity contribution is 0.475. The fourth-order valence-corrected chi connectivity index (χ4v) is 1.70. The topological polar surface area (TPSA) is 32.6 Å². The van der Waals surface area contributed by atoms with E-state index in [1.807, 2.05) is 12.1 Å². The largest absolute Gasteiger partial charge is 0.508 e. The summed E-state index contributed by atoms with van der Waals surface area (Å²) in [5, 5.41) is 9.77. The van der Waals surface area contributed by atoms with Crippen molar-refractivity contribution in [3.63, 3.8) is 0 Å². The number of aromatic hydroxyl groups is 1. The van der Waals surface area contributed by atoms with Gasteiger partial charge in [0.15, 0.2) is 0 Å². The van der Waals surface area contributed by atoms with E-state index in [0.29, 0.717) is 5.02 Å². The molecule has 0 radical (unpaired) electrons. The SMILES string of the molecule is Oc1ccc(C=Nc2ccc(Br)c(Cl)c2)cc1. The maximum absolute atomic E-state index is 9.14. The van der Waals surface area contributed by atoms with Crippen LogP contribution >= 0.6 is 27.5 Å². The molecule has 0 amide bonds. The molecular weight excluding hydrogens is 302 g/mol. The number of phenols is 1. The second-order valence-electron chi connectivity index (χ2n) is 3.45. The Hall–Kier alpha value is -1.32. The lowest BCUT2D eigenvalue weighted by Crippen LogP contribution is -1.79. The molecule has 0 aliphatic carbocycles. The molecule has 2 aromatic rings. The van der Waals surface area contributed by atoms with Crippen LogP contribution in [0.25, 0.3) is 0 Å². The second-order valence-corrected chi connectivity index (χ2v) is 4.71. The van der Waals surface area contributed by atoms with Gasteiger partial charge in [0.25, 0.3) is 0 Å². The minimum absolute atomic E-state index is 0.244. The Balaban J connectivity index is 2.20. The summed E-state index contributed by atoms with van der Waals surface area (Å²) in [4.78, 5) is 4.30. The van der Waals surface area contributed by atoms with Crippen molar-refractivity contribution in [1.29, 1.82) is 0 Å². The molecule has 0 bridgehead atoms. The first-order chi connectivity index (χ1) is 8.15. The average molecular weight is 311 g/mol. The lowest BCUT2D eigenvalue weighted by atomic mass is 10.2. The highest BCUT2D eigenvalue weighted by atomic mass is 79.9. The monoisotopic (exact) mass is 309 g/mol. The van der Waals surface area contributed by atoms with Gasteiger partial charge in [-0.25, -0.2) is 0 Å². The van der Waals surface area contributed by atoms with Crippen molar-refractivity contribution in [3.8, 4) is 5.75 Å². The van der Waals surface area contributed by atoms with E-state index in [1.54, 1.807) is 36.5 Å². The molecule has 86 valence electrons. The molecule has 0 saturated carbocycles. The number of nitrogens with zero attached hydrogens (tertiary/aromatic N) is 1. The van der Waals surface area contributed by atoms with Crippen molar-refractivity contribution in [1.82, 2.24) is 0 Å². The zero-order valence-corrected chi connectivity index (χ0v) is 11.1. The molecular formula is C13H9BrClNO. The van der Waals surface area contributed by atoms with E-state index in [2.05, 4.69) is 20.9 Å². The molecule has 0 spiro atoms. The third-order valence-corrected chi connectivity index (χ3v) is 3.39. The van der Waals surface area contributed by atoms with Gasteiger partial charge in [0.2, 0.25) is 0 Å². The third-order valence-electron chi connectivity index (χ3n) is 2.16. The first kappa shape index (κ1) is 12.1. The van der Waals surface area contributed by atoms with Gasteiger partial charge in [0.1, 0.15) is 5.75 Å². The summed E-state index contributed by atoms with van der Waals surface area (Å²) in [5.41, 5.74) is 1.70. The zero-order valence-electron chi connectivity index (χ0n) is 8.77. The number of hydrogen-bond acceptors (Lipinski definition) is 2. The fourth-order valence-electron chi connectivity index (χ4n) is 1.27. The Morgan fingerprint density at radius 1 is 1.12 bits per heavy atom. The van der Waals surface area contributed by atoms with Gasteiger partial charge in [-0.05, 0) is 64.0 Å². The molecule has 0 aliphatic heterocycles. The minimum atomic E-state index is 0.244. The number of rotatable bonds is 2. The maximum Gasteiger partial charge on any atom is 0.115 e. The summed E-state index contributed by atoms with van der Waals surface area (Å²) in [5.74, 6) is 0.244. The van der Waals surface area contributed by atoms with Gasteiger partial charge in [-0.2, -0.15) is 0 Å². The Morgan fingerprint density at radius 2 is 1.82 bits per heavy atom. The molecule has 17 heavy (non-hydrogen) atoms. The van der Waals surface area contributed by atoms with E-state index >= 15 is 0 Å². The van der Waals surface area contributed by atoms with E-state index in [0.717, 1.165) is 15.7 Å². The zero-order chi connectivity index (χ0) is 12.3. The highest BCUT2D eigenvalue weighted by Gasteiger charge is 1.97. The number of aliphatic imine (C=N–C) groups is 1. The summed E-state index contributed by atoms with van der Waals surface area (Å²) in [6.45, 7) is 0. The summed E-state index contributed by atoms with van der Waals surface area (Å²) in [7, 11) is 0. The van der Waals surface area contributed by atoms with Crippen LogP contribution in [0.15, 0.2) is 51.9 Å². The number of hydrogen-bond donors (Lipinski definition) is 1. The van der Waals surface area contributed by atoms with Gasteiger partial charge < -0.3 is 5.11 Å². The van der Waals surface area contributed by atoms with Gasteiger partial charge in [-0.3, -0.25) is 4.99 Å². The molecule has 0 fully saturated rings. The van der Waals surface area contributed by atoms with Gasteiger partial charge in [0.05, 0.1) is 10.7 Å². The van der Waals surface area contributed by atoms with Crippen molar-refractivity contribution in [2.45, 2.75) is 0 Å². The van der Waals surface area contributed by atoms with Crippen LogP contribution in [-0.4, -0.2) is 11.3 Å². The summed E-state index contributed by atoms with van der Waals surface area (Å²) in [6, 6.07) is 12.3. The Morgan fingerprint density at radius 3 is 2.47 bits per heavy atom. The minimum Gasteiger partial charge on any atom is -0.508 e. The van der Waals surface area contributed by atoms with Crippen molar-refractivity contribution in [2.75, 3.05) is 0 Å². The Kier molecular flexibility index (Phi) is 3.82. The first-order valence-corrected chi connectivity index (χ1v) is 6.10. The predicted molar refractivity (Wildman–Crippen MR) is 74.5 cm³/mol. The molecule has 0 aromatic heterocycles. The lowest BCUT2D eigenvalue weighted by Gasteiger charge is -1.98. The van der Waals surface area contributed by atoms with Crippen LogP contribution in [0.5, 0.6) is 5.75 Å². The van der Waals surface area contributed by atoms with Gasteiger partial charge in [0, 0.05) is 10.7 Å². The van der Waals surface area contributed by atoms with Gasteiger partial charge in [-0.1, -0.05) is 11.6 Å². The Bertz CT molecular complexity index is 552. The standard InChI is InChI=1S/C13H9BrClNO/c14-12-6-3-10(7-13(12)15)16-8-9-1-4-11(17)5-2-9/h1-8,17H. The smallest absolute Gasteiger partial charge is 0.115 e. The number of halogens is 2. The Labute approximate surface area is 113 Å². The van der Waals surface area contributed by atoms with Gasteiger partial charge in [-0.15, -0.1) is 0 Å². The van der Waals surface area contributed by atoms with Crippen LogP contribution in [-0.2, 0) is 0 Å². The first-order valence-electron chi connectivity index (χ1n) is 4.93. The fraction of sp³-hybridized carbons (Fsp3) is 0. The second kappa shape index (κ2) is 5.34. The van der Waals surface area contributed by atoms with Gasteiger partial charge >= 0.3 is 0 Å². The molecule has 0 saturated heterocycles. The summed E-state index contributed by atoms with van der Waals surface area (Å²) in [6.07, 6.45) is 1.72. The van der Waals surface area contributed by atoms with Crippen LogP contribution < -0.4 is 0 Å². The predicted octanol–water partition coefficient (Wildman–Crippen LogP) is 4.56. The van der Waals surface area contributed by atoms with Crippen molar-refractivity contribution < 1.29 is 5.11 Å². The molecule has 2 rings (SSSR count). The molecule has 2 nitrogen and oxygen atoms in total. The van der Waals surface area contributed by atoms with E-state index in [4.69, 9.17) is 16.7 Å². The third kappa shape index (κ3) is 3.32. The van der Waals surface area contributed by atoms with Crippen molar-refractivity contribution in [3.05, 3.63) is 57.5 Å². The molecule has 4 heteroatoms. The number of phenolic OH excluding ortho intramolecular Hbond substituents is 1. The molecule has 0 unspecified atom stereocenters. The van der Waals surface area contributed by atoms with Crippen LogP contribution in [0, 0.1) is 0 Å². The van der Waals surface area contributed by atoms with Crippen LogP contribution in [0.3, 0.4) is 0 Å². The quantitative estimate of drug-likeness (QED) is 0.810. The number of benzene rings is 2. The van der Waals surface area contributed by atoms with E-state index in [-0.39, 0.29) is 5.75 Å². The summed E-state index contributed by atoms with van der Waals surface area (Å²) >= 11 is 9.28. The van der Waals surface area contributed by atoms with Crippen molar-refractivity contribution in [2.24, 2.45) is 4.99 Å². The van der Waals surface area contributed by atoms with Crippen molar-refractivity contribution >= 4 is 39.4 Å². The normalized spacial score (nSPS) is 10.9. The summed E-state index contributed by atoms with van der Waals surface area (Å²) < 4.78 is 0.850. The maximum atomic E-state index is 9.14. The van der Waals surface area contributed by atoms with Crippen LogP contribution in [0.1, 0.15) is 5.56 Å².